The minimum absolute atomic E-state index is 0.0816. The van der Waals surface area contributed by atoms with E-state index in [9.17, 15) is 9.50 Å². The lowest BCUT2D eigenvalue weighted by Crippen LogP contribution is -2.44. The maximum absolute atomic E-state index is 13.3. The Morgan fingerprint density at radius 2 is 2.27 bits per heavy atom. The largest absolute Gasteiger partial charge is 0.389 e. The standard InChI is InChI=1S/C15H19FN4O2/c1-19(2)15-13(21)9-22-14(15)8-20-7-12(17-18-20)10-4-3-5-11(16)6-10/h3-7,13-15,21H,8-9H2,1-2H3/t13-,14+,15+/m0/s1. The molecule has 2 aromatic rings. The maximum atomic E-state index is 13.3. The molecule has 0 radical (unpaired) electrons. The number of ether oxygens (including phenoxy) is 1. The molecule has 1 aliphatic rings. The van der Waals surface area contributed by atoms with Crippen molar-refractivity contribution in [1.82, 2.24) is 19.9 Å². The molecule has 0 aliphatic carbocycles. The van der Waals surface area contributed by atoms with Crippen LogP contribution < -0.4 is 0 Å². The summed E-state index contributed by atoms with van der Waals surface area (Å²) in [6.07, 6.45) is 1.09. The molecule has 3 atom stereocenters. The van der Waals surface area contributed by atoms with Gasteiger partial charge in [0.05, 0.1) is 37.6 Å². The summed E-state index contributed by atoms with van der Waals surface area (Å²) in [4.78, 5) is 1.95. The van der Waals surface area contributed by atoms with Crippen molar-refractivity contribution in [2.75, 3.05) is 20.7 Å². The molecule has 22 heavy (non-hydrogen) atoms. The molecule has 118 valence electrons. The SMILES string of the molecule is CN(C)[C@@H]1[C@@H](O)CO[C@@H]1Cn1cc(-c2cccc(F)c2)nn1. The lowest BCUT2D eigenvalue weighted by molar-refractivity contribution is 0.0600. The normalized spacial score (nSPS) is 25.0. The van der Waals surface area contributed by atoms with Crippen molar-refractivity contribution in [3.8, 4) is 11.3 Å². The fourth-order valence-corrected chi connectivity index (χ4v) is 2.86. The third-order valence-corrected chi connectivity index (χ3v) is 3.88. The Balaban J connectivity index is 1.75. The lowest BCUT2D eigenvalue weighted by atomic mass is 10.1. The Labute approximate surface area is 128 Å². The third-order valence-electron chi connectivity index (χ3n) is 3.88. The van der Waals surface area contributed by atoms with Crippen LogP contribution in [0.25, 0.3) is 11.3 Å². The third kappa shape index (κ3) is 3.01. The number of aliphatic hydroxyl groups is 1. The molecule has 7 heteroatoms. The topological polar surface area (TPSA) is 63.4 Å². The highest BCUT2D eigenvalue weighted by molar-refractivity contribution is 5.57. The highest BCUT2D eigenvalue weighted by atomic mass is 19.1. The summed E-state index contributed by atoms with van der Waals surface area (Å²) in [5.41, 5.74) is 1.29. The Morgan fingerprint density at radius 3 is 3.00 bits per heavy atom. The second kappa shape index (κ2) is 6.12. The van der Waals surface area contributed by atoms with Crippen LogP contribution >= 0.6 is 0 Å². The summed E-state index contributed by atoms with van der Waals surface area (Å²) in [5.74, 6) is -0.304. The molecule has 1 saturated heterocycles. The first-order chi connectivity index (χ1) is 10.5. The molecule has 1 aromatic heterocycles. The van der Waals surface area contributed by atoms with Crippen molar-refractivity contribution in [3.05, 3.63) is 36.3 Å². The van der Waals surface area contributed by atoms with Gasteiger partial charge in [-0.2, -0.15) is 0 Å². The van der Waals surface area contributed by atoms with Gasteiger partial charge >= 0.3 is 0 Å². The molecule has 0 bridgehead atoms. The molecule has 0 amide bonds. The van der Waals surface area contributed by atoms with Gasteiger partial charge in [-0.3, -0.25) is 0 Å². The van der Waals surface area contributed by atoms with Gasteiger partial charge in [0, 0.05) is 5.56 Å². The second-order valence-electron chi connectivity index (χ2n) is 5.73. The van der Waals surface area contributed by atoms with Gasteiger partial charge in [0.25, 0.3) is 0 Å². The summed E-state index contributed by atoms with van der Waals surface area (Å²) < 4.78 is 20.6. The van der Waals surface area contributed by atoms with E-state index in [0.717, 1.165) is 0 Å². The smallest absolute Gasteiger partial charge is 0.123 e. The van der Waals surface area contributed by atoms with Gasteiger partial charge in [0.1, 0.15) is 11.5 Å². The van der Waals surface area contributed by atoms with Crippen LogP contribution in [0.3, 0.4) is 0 Å². The molecule has 0 saturated carbocycles. The molecule has 3 rings (SSSR count). The van der Waals surface area contributed by atoms with Gasteiger partial charge in [-0.1, -0.05) is 17.3 Å². The average molecular weight is 306 g/mol. The number of aromatic nitrogens is 3. The van der Waals surface area contributed by atoms with Crippen LogP contribution in [0.4, 0.5) is 4.39 Å². The van der Waals surface area contributed by atoms with Crippen molar-refractivity contribution in [3.63, 3.8) is 0 Å². The first-order valence-corrected chi connectivity index (χ1v) is 7.17. The van der Waals surface area contributed by atoms with Crippen LogP contribution in [0.15, 0.2) is 30.5 Å². The number of benzene rings is 1. The van der Waals surface area contributed by atoms with E-state index in [0.29, 0.717) is 24.4 Å². The highest BCUT2D eigenvalue weighted by Gasteiger charge is 2.38. The van der Waals surface area contributed by atoms with Crippen LogP contribution in [0.1, 0.15) is 0 Å². The minimum Gasteiger partial charge on any atom is -0.389 e. The quantitative estimate of drug-likeness (QED) is 0.904. The summed E-state index contributed by atoms with van der Waals surface area (Å²) in [6, 6.07) is 6.16. The van der Waals surface area contributed by atoms with Crippen molar-refractivity contribution in [2.24, 2.45) is 0 Å². The molecule has 1 fully saturated rings. The van der Waals surface area contributed by atoms with E-state index in [1.807, 2.05) is 19.0 Å². The number of hydrogen-bond donors (Lipinski definition) is 1. The number of halogens is 1. The molecule has 0 unspecified atom stereocenters. The van der Waals surface area contributed by atoms with Crippen molar-refractivity contribution < 1.29 is 14.2 Å². The molecular weight excluding hydrogens is 287 g/mol. The zero-order valence-electron chi connectivity index (χ0n) is 12.6. The fourth-order valence-electron chi connectivity index (χ4n) is 2.86. The van der Waals surface area contributed by atoms with Gasteiger partial charge in [0.15, 0.2) is 0 Å². The fraction of sp³-hybridized carbons (Fsp3) is 0.467. The van der Waals surface area contributed by atoms with E-state index < -0.39 is 6.10 Å². The number of likely N-dealkylation sites (N-methyl/N-ethyl adjacent to an activating group) is 1. The zero-order chi connectivity index (χ0) is 15.7. The van der Waals surface area contributed by atoms with E-state index >= 15 is 0 Å². The maximum Gasteiger partial charge on any atom is 0.123 e. The Kier molecular flexibility index (Phi) is 4.19. The van der Waals surface area contributed by atoms with E-state index in [2.05, 4.69) is 10.3 Å². The lowest BCUT2D eigenvalue weighted by Gasteiger charge is -2.26. The Hall–Kier alpha value is -1.83. The minimum atomic E-state index is -0.508. The van der Waals surface area contributed by atoms with Crippen LogP contribution in [-0.2, 0) is 11.3 Å². The van der Waals surface area contributed by atoms with Crippen molar-refractivity contribution in [1.29, 1.82) is 0 Å². The number of rotatable bonds is 4. The summed E-state index contributed by atoms with van der Waals surface area (Å²) in [6.45, 7) is 0.807. The van der Waals surface area contributed by atoms with Gasteiger partial charge < -0.3 is 14.7 Å². The number of nitrogens with zero attached hydrogens (tertiary/aromatic N) is 4. The summed E-state index contributed by atoms with van der Waals surface area (Å²) in [5, 5.41) is 18.1. The van der Waals surface area contributed by atoms with E-state index in [1.165, 1.54) is 12.1 Å². The zero-order valence-corrected chi connectivity index (χ0v) is 12.6. The van der Waals surface area contributed by atoms with Gasteiger partial charge in [-0.15, -0.1) is 5.10 Å². The van der Waals surface area contributed by atoms with Crippen molar-refractivity contribution in [2.45, 2.75) is 24.8 Å². The average Bonchev–Trinajstić information content (AvgIpc) is 3.06. The molecule has 1 N–H and O–H groups in total. The van der Waals surface area contributed by atoms with Gasteiger partial charge in [-0.05, 0) is 26.2 Å². The van der Waals surface area contributed by atoms with Crippen LogP contribution in [-0.4, -0.2) is 64.0 Å². The first kappa shape index (κ1) is 15.1. The second-order valence-corrected chi connectivity index (χ2v) is 5.73. The molecule has 0 spiro atoms. The molecule has 1 aromatic carbocycles. The van der Waals surface area contributed by atoms with Gasteiger partial charge in [-0.25, -0.2) is 9.07 Å². The van der Waals surface area contributed by atoms with Crippen molar-refractivity contribution >= 4 is 0 Å². The Morgan fingerprint density at radius 1 is 1.45 bits per heavy atom. The monoisotopic (exact) mass is 306 g/mol. The van der Waals surface area contributed by atoms with E-state index in [4.69, 9.17) is 4.74 Å². The predicted octanol–water partition coefficient (Wildman–Crippen LogP) is 0.774. The van der Waals surface area contributed by atoms with E-state index in [-0.39, 0.29) is 18.0 Å². The first-order valence-electron chi connectivity index (χ1n) is 7.17. The van der Waals surface area contributed by atoms with E-state index in [1.54, 1.807) is 23.0 Å². The molecular formula is C15H19FN4O2. The van der Waals surface area contributed by atoms with Crippen LogP contribution in [0.2, 0.25) is 0 Å². The van der Waals surface area contributed by atoms with Crippen LogP contribution in [0.5, 0.6) is 0 Å². The van der Waals surface area contributed by atoms with Crippen LogP contribution in [0, 0.1) is 5.82 Å². The molecule has 2 heterocycles. The number of aliphatic hydroxyl groups excluding tert-OH is 1. The summed E-state index contributed by atoms with van der Waals surface area (Å²) >= 11 is 0. The molecule has 6 nitrogen and oxygen atoms in total. The Bertz CT molecular complexity index is 646. The molecule has 1 aliphatic heterocycles. The highest BCUT2D eigenvalue weighted by Crippen LogP contribution is 2.21. The predicted molar refractivity (Wildman–Crippen MR) is 78.6 cm³/mol. The summed E-state index contributed by atoms with van der Waals surface area (Å²) in [7, 11) is 3.82. The number of hydrogen-bond acceptors (Lipinski definition) is 5. The van der Waals surface area contributed by atoms with Gasteiger partial charge in [0.2, 0.25) is 0 Å².